The highest BCUT2D eigenvalue weighted by molar-refractivity contribution is 6.04. The molecule has 14 nitrogen and oxygen atoms in total. The van der Waals surface area contributed by atoms with Gasteiger partial charge in [0.1, 0.15) is 16.6 Å². The van der Waals surface area contributed by atoms with E-state index in [0.29, 0.717) is 32.7 Å². The van der Waals surface area contributed by atoms with Crippen LogP contribution in [0.1, 0.15) is 69.6 Å². The van der Waals surface area contributed by atoms with E-state index in [1.54, 1.807) is 54.6 Å². The number of carbonyl (C=O) groups is 4. The Morgan fingerprint density at radius 2 is 0.800 bits per heavy atom. The summed E-state index contributed by atoms with van der Waals surface area (Å²) >= 11 is 0. The highest BCUT2D eigenvalue weighted by Gasteiger charge is 2.37. The van der Waals surface area contributed by atoms with Crippen molar-refractivity contribution in [1.82, 2.24) is 30.9 Å². The summed E-state index contributed by atoms with van der Waals surface area (Å²) in [5.74, 6) is -3.41. The van der Waals surface area contributed by atoms with Crippen LogP contribution in [0.15, 0.2) is 91.4 Å². The Hall–Kier alpha value is -6.83. The summed E-state index contributed by atoms with van der Waals surface area (Å²) in [6, 6.07) is 20.0. The predicted octanol–water partition coefficient (Wildman–Crippen LogP) is 5.45. The quantitative estimate of drug-likeness (QED) is 0.0617. The molecule has 14 heteroatoms. The Bertz CT molecular complexity index is 2150. The molecule has 0 saturated carbocycles. The zero-order valence-corrected chi connectivity index (χ0v) is 29.8. The zero-order chi connectivity index (χ0) is 39.0. The fourth-order valence-electron chi connectivity index (χ4n) is 6.81. The lowest BCUT2D eigenvalue weighted by Gasteiger charge is -2.30. The number of carboxylic acid groups (broad SMARTS) is 1. The summed E-state index contributed by atoms with van der Waals surface area (Å²) in [6.45, 7) is 0.350. The molecule has 0 fully saturated rings. The zero-order valence-electron chi connectivity index (χ0n) is 29.8. The molecule has 0 radical (unpaired) electrons. The summed E-state index contributed by atoms with van der Waals surface area (Å²) in [7, 11) is 0. The van der Waals surface area contributed by atoms with Crippen molar-refractivity contribution in [3.05, 3.63) is 108 Å². The number of amides is 3. The smallest absolute Gasteiger partial charge is 0.309 e. The molecule has 3 aromatic heterocycles. The van der Waals surface area contributed by atoms with Crippen LogP contribution in [0.3, 0.4) is 0 Å². The summed E-state index contributed by atoms with van der Waals surface area (Å²) in [6.07, 6.45) is 5.85. The third kappa shape index (κ3) is 8.38. The van der Waals surface area contributed by atoms with Crippen LogP contribution in [0, 0.1) is 5.41 Å². The molecular formula is C41H40N6O8. The number of nitrogens with one attached hydrogen (secondary N) is 3. The largest absolute Gasteiger partial charge is 0.505 e. The SMILES string of the molecule is O=C(NCCCC(CCCNC(=O)c1ccc2cccnc2c1O)(CCCNC(=O)c1ccc2cccnc2c1O)C(=O)O)c1ccc2cccnc2c1O. The number of aromatic hydroxyl groups is 3. The number of carbonyl (C=O) groups excluding carboxylic acids is 3. The first kappa shape index (κ1) is 37.9. The van der Waals surface area contributed by atoms with Crippen LogP contribution in [-0.4, -0.2) is 78.7 Å². The van der Waals surface area contributed by atoms with E-state index in [1.165, 1.54) is 36.8 Å². The van der Waals surface area contributed by atoms with E-state index < -0.39 is 29.1 Å². The molecule has 0 spiro atoms. The number of benzene rings is 3. The molecule has 0 aliphatic rings. The minimum Gasteiger partial charge on any atom is -0.505 e. The first-order valence-corrected chi connectivity index (χ1v) is 17.9. The highest BCUT2D eigenvalue weighted by Crippen LogP contribution is 2.36. The molecule has 3 amide bonds. The Labute approximate surface area is 315 Å². The number of aliphatic carboxylic acids is 1. The number of fused-ring (bicyclic) bond motifs is 3. The van der Waals surface area contributed by atoms with E-state index in [0.717, 1.165) is 0 Å². The molecule has 7 N–H and O–H groups in total. The van der Waals surface area contributed by atoms with Crippen LogP contribution in [0.5, 0.6) is 17.2 Å². The molecule has 0 atom stereocenters. The standard InChI is InChI=1S/C41H40N6O8/c48-34-28(13-10-25-7-1-19-42-31(25)34)37(51)45-22-4-16-41(40(54)55,17-5-23-46-38(52)29-14-11-26-8-2-20-43-32(26)35(29)49)18-6-24-47-39(53)30-15-12-27-9-3-21-44-33(27)36(30)50/h1-3,7-15,19-21,48-50H,4-6,16-18,22-24H2,(H,45,51)(H,46,52)(H,47,53)(H,54,55). The Kier molecular flexibility index (Phi) is 11.6. The van der Waals surface area contributed by atoms with Gasteiger partial charge in [-0.2, -0.15) is 0 Å². The van der Waals surface area contributed by atoms with Gasteiger partial charge in [0.15, 0.2) is 17.2 Å². The Balaban J connectivity index is 1.09. The van der Waals surface area contributed by atoms with Gasteiger partial charge in [-0.15, -0.1) is 0 Å². The van der Waals surface area contributed by atoms with Gasteiger partial charge in [-0.1, -0.05) is 36.4 Å². The fourth-order valence-corrected chi connectivity index (χ4v) is 6.81. The van der Waals surface area contributed by atoms with Crippen molar-refractivity contribution in [2.45, 2.75) is 38.5 Å². The third-order valence-electron chi connectivity index (χ3n) is 9.78. The second kappa shape index (κ2) is 16.9. The van der Waals surface area contributed by atoms with Gasteiger partial charge in [0, 0.05) is 54.4 Å². The number of aromatic nitrogens is 3. The molecule has 282 valence electrons. The van der Waals surface area contributed by atoms with Crippen molar-refractivity contribution in [1.29, 1.82) is 0 Å². The Morgan fingerprint density at radius 3 is 1.09 bits per heavy atom. The lowest BCUT2D eigenvalue weighted by Crippen LogP contribution is -2.35. The van der Waals surface area contributed by atoms with E-state index in [9.17, 15) is 39.6 Å². The van der Waals surface area contributed by atoms with Crippen LogP contribution < -0.4 is 16.0 Å². The minimum atomic E-state index is -1.29. The molecule has 0 saturated heterocycles. The number of phenolic OH excluding ortho intramolecular Hbond substituents is 3. The lowest BCUT2D eigenvalue weighted by molar-refractivity contribution is -0.150. The minimum absolute atomic E-state index is 0.0450. The van der Waals surface area contributed by atoms with Crippen molar-refractivity contribution in [2.75, 3.05) is 19.6 Å². The number of phenols is 3. The van der Waals surface area contributed by atoms with E-state index in [-0.39, 0.29) is 92.1 Å². The third-order valence-corrected chi connectivity index (χ3v) is 9.78. The summed E-state index contributed by atoms with van der Waals surface area (Å²) in [5, 5.41) is 52.9. The van der Waals surface area contributed by atoms with Crippen molar-refractivity contribution in [2.24, 2.45) is 5.41 Å². The molecule has 6 rings (SSSR count). The number of carboxylic acids is 1. The van der Waals surface area contributed by atoms with Crippen molar-refractivity contribution in [3.63, 3.8) is 0 Å². The number of rotatable bonds is 16. The van der Waals surface area contributed by atoms with Crippen molar-refractivity contribution >= 4 is 56.4 Å². The first-order valence-electron chi connectivity index (χ1n) is 17.9. The topological polar surface area (TPSA) is 224 Å². The van der Waals surface area contributed by atoms with Gasteiger partial charge in [-0.3, -0.25) is 34.1 Å². The molecule has 3 heterocycles. The molecule has 0 aliphatic heterocycles. The van der Waals surface area contributed by atoms with Crippen molar-refractivity contribution in [3.8, 4) is 17.2 Å². The van der Waals surface area contributed by atoms with E-state index in [4.69, 9.17) is 0 Å². The van der Waals surface area contributed by atoms with Gasteiger partial charge >= 0.3 is 5.97 Å². The van der Waals surface area contributed by atoms with Gasteiger partial charge in [-0.05, 0) is 74.9 Å². The summed E-state index contributed by atoms with van der Waals surface area (Å²) in [4.78, 5) is 64.5. The van der Waals surface area contributed by atoms with Gasteiger partial charge in [-0.25, -0.2) is 0 Å². The number of hydrogen-bond donors (Lipinski definition) is 7. The van der Waals surface area contributed by atoms with Crippen LogP contribution in [0.25, 0.3) is 32.7 Å². The van der Waals surface area contributed by atoms with Crippen LogP contribution >= 0.6 is 0 Å². The fraction of sp³-hybridized carbons (Fsp3) is 0.244. The van der Waals surface area contributed by atoms with Crippen LogP contribution in [-0.2, 0) is 4.79 Å². The van der Waals surface area contributed by atoms with Crippen molar-refractivity contribution < 1.29 is 39.6 Å². The molecule has 0 bridgehead atoms. The van der Waals surface area contributed by atoms with Gasteiger partial charge in [0.25, 0.3) is 17.7 Å². The van der Waals surface area contributed by atoms with Gasteiger partial charge in [0.2, 0.25) is 0 Å². The predicted molar refractivity (Wildman–Crippen MR) is 205 cm³/mol. The normalized spacial score (nSPS) is 11.4. The van der Waals surface area contributed by atoms with Gasteiger partial charge in [0.05, 0.1) is 22.1 Å². The number of nitrogens with zero attached hydrogens (tertiary/aromatic N) is 3. The summed E-state index contributed by atoms with van der Waals surface area (Å²) < 4.78 is 0. The van der Waals surface area contributed by atoms with Crippen LogP contribution in [0.4, 0.5) is 0 Å². The molecule has 0 aliphatic carbocycles. The summed E-state index contributed by atoms with van der Waals surface area (Å²) in [5.41, 5.74) is -0.285. The van der Waals surface area contributed by atoms with E-state index in [1.807, 2.05) is 0 Å². The maximum atomic E-state index is 13.0. The molecule has 6 aromatic rings. The maximum absolute atomic E-state index is 13.0. The van der Waals surface area contributed by atoms with Gasteiger partial charge < -0.3 is 36.4 Å². The molecule has 55 heavy (non-hydrogen) atoms. The first-order chi connectivity index (χ1) is 26.6. The van der Waals surface area contributed by atoms with E-state index >= 15 is 0 Å². The maximum Gasteiger partial charge on any atom is 0.309 e. The lowest BCUT2D eigenvalue weighted by atomic mass is 9.75. The van der Waals surface area contributed by atoms with E-state index in [2.05, 4.69) is 30.9 Å². The second-order valence-electron chi connectivity index (χ2n) is 13.3. The average molecular weight is 745 g/mol. The second-order valence-corrected chi connectivity index (χ2v) is 13.3. The molecular weight excluding hydrogens is 704 g/mol. The van der Waals surface area contributed by atoms with Crippen LogP contribution in [0.2, 0.25) is 0 Å². The number of hydrogen-bond acceptors (Lipinski definition) is 10. The average Bonchev–Trinajstić information content (AvgIpc) is 3.19. The number of pyridine rings is 3. The highest BCUT2D eigenvalue weighted by atomic mass is 16.4. The Morgan fingerprint density at radius 1 is 0.491 bits per heavy atom. The molecule has 3 aromatic carbocycles. The molecule has 0 unspecified atom stereocenters. The monoisotopic (exact) mass is 744 g/mol.